The molecule has 0 aromatic heterocycles. The lowest BCUT2D eigenvalue weighted by atomic mass is 10.4. The van der Waals surface area contributed by atoms with E-state index in [4.69, 9.17) is 34.8 Å². The number of hydrazone groups is 1. The van der Waals surface area contributed by atoms with Gasteiger partial charge in [-0.05, 0) is 6.42 Å². The standard InChI is InChI=1S/C5H8Cl3N3/c1-2-4-10-9-3-11(4)5(6,7)8/h3-4,10H,2H2,1H3. The second-order valence-electron chi connectivity index (χ2n) is 2.17. The number of hydrogen-bond acceptors (Lipinski definition) is 3. The van der Waals surface area contributed by atoms with Crippen LogP contribution in [0.4, 0.5) is 0 Å². The Morgan fingerprint density at radius 3 is 2.64 bits per heavy atom. The van der Waals surface area contributed by atoms with Crippen LogP contribution in [0.3, 0.4) is 0 Å². The van der Waals surface area contributed by atoms with E-state index in [-0.39, 0.29) is 6.17 Å². The molecule has 1 aliphatic heterocycles. The molecule has 0 aromatic carbocycles. The molecule has 0 radical (unpaired) electrons. The molecule has 0 aliphatic carbocycles. The molecule has 0 spiro atoms. The molecule has 0 saturated carbocycles. The van der Waals surface area contributed by atoms with Gasteiger partial charge in [-0.1, -0.05) is 41.7 Å². The van der Waals surface area contributed by atoms with Crippen LogP contribution in [-0.4, -0.2) is 21.3 Å². The van der Waals surface area contributed by atoms with Crippen molar-refractivity contribution in [2.75, 3.05) is 0 Å². The maximum Gasteiger partial charge on any atom is 0.270 e. The third-order valence-corrected chi connectivity index (χ3v) is 2.01. The Labute approximate surface area is 80.3 Å². The van der Waals surface area contributed by atoms with Gasteiger partial charge < -0.3 is 0 Å². The number of rotatable bonds is 1. The third kappa shape index (κ3) is 2.04. The van der Waals surface area contributed by atoms with Crippen molar-refractivity contribution in [2.45, 2.75) is 23.4 Å². The number of halogens is 3. The zero-order valence-electron chi connectivity index (χ0n) is 5.89. The Bertz CT molecular complexity index is 165. The highest BCUT2D eigenvalue weighted by Gasteiger charge is 2.34. The van der Waals surface area contributed by atoms with Gasteiger partial charge in [0.2, 0.25) is 0 Å². The summed E-state index contributed by atoms with van der Waals surface area (Å²) in [5, 5.41) is 3.78. The van der Waals surface area contributed by atoms with Gasteiger partial charge in [-0.15, -0.1) is 0 Å². The SMILES string of the molecule is CCC1NN=CN1C(Cl)(Cl)Cl. The summed E-state index contributed by atoms with van der Waals surface area (Å²) in [5.41, 5.74) is 2.80. The lowest BCUT2D eigenvalue weighted by Crippen LogP contribution is -2.43. The Morgan fingerprint density at radius 2 is 2.27 bits per heavy atom. The fourth-order valence-corrected chi connectivity index (χ4v) is 1.34. The predicted molar refractivity (Wildman–Crippen MR) is 47.8 cm³/mol. The summed E-state index contributed by atoms with van der Waals surface area (Å²) in [6.45, 7) is 1.98. The largest absolute Gasteiger partial charge is 0.295 e. The minimum atomic E-state index is -1.41. The molecule has 1 atom stereocenters. The molecule has 1 aliphatic rings. The average Bonchev–Trinajstić information content (AvgIpc) is 2.31. The number of alkyl halides is 3. The van der Waals surface area contributed by atoms with Crippen molar-refractivity contribution in [3.05, 3.63) is 0 Å². The van der Waals surface area contributed by atoms with E-state index in [1.165, 1.54) is 11.2 Å². The van der Waals surface area contributed by atoms with Crippen LogP contribution in [0.15, 0.2) is 5.10 Å². The summed E-state index contributed by atoms with van der Waals surface area (Å²) in [5.74, 6) is 0. The van der Waals surface area contributed by atoms with Crippen LogP contribution in [0.1, 0.15) is 13.3 Å². The van der Waals surface area contributed by atoms with Crippen LogP contribution >= 0.6 is 34.8 Å². The van der Waals surface area contributed by atoms with Crippen molar-refractivity contribution in [3.8, 4) is 0 Å². The van der Waals surface area contributed by atoms with Crippen molar-refractivity contribution >= 4 is 41.1 Å². The fourth-order valence-electron chi connectivity index (χ4n) is 0.854. The van der Waals surface area contributed by atoms with Gasteiger partial charge in [0.1, 0.15) is 12.5 Å². The van der Waals surface area contributed by atoms with Gasteiger partial charge in [-0.2, -0.15) is 5.10 Å². The molecule has 64 valence electrons. The normalized spacial score (nSPS) is 24.0. The molecule has 1 rings (SSSR count). The van der Waals surface area contributed by atoms with Crippen LogP contribution in [0.25, 0.3) is 0 Å². The Morgan fingerprint density at radius 1 is 1.64 bits per heavy atom. The minimum Gasteiger partial charge on any atom is -0.295 e. The zero-order chi connectivity index (χ0) is 8.48. The fraction of sp³-hybridized carbons (Fsp3) is 0.800. The first-order valence-electron chi connectivity index (χ1n) is 3.19. The lowest BCUT2D eigenvalue weighted by Gasteiger charge is -2.28. The summed E-state index contributed by atoms with van der Waals surface area (Å²) < 4.78 is -1.41. The topological polar surface area (TPSA) is 27.6 Å². The van der Waals surface area contributed by atoms with Gasteiger partial charge in [-0.3, -0.25) is 10.3 Å². The first-order valence-corrected chi connectivity index (χ1v) is 4.33. The molecule has 6 heteroatoms. The second kappa shape index (κ2) is 3.25. The average molecular weight is 216 g/mol. The number of nitrogens with zero attached hydrogens (tertiary/aromatic N) is 2. The van der Waals surface area contributed by atoms with Gasteiger partial charge in [0, 0.05) is 0 Å². The highest BCUT2D eigenvalue weighted by atomic mass is 35.6. The minimum absolute atomic E-state index is 0.0116. The van der Waals surface area contributed by atoms with E-state index >= 15 is 0 Å². The van der Waals surface area contributed by atoms with Crippen LogP contribution in [0.5, 0.6) is 0 Å². The number of nitrogens with one attached hydrogen (secondary N) is 1. The lowest BCUT2D eigenvalue weighted by molar-refractivity contribution is 0.298. The molecule has 0 amide bonds. The first kappa shape index (κ1) is 9.23. The van der Waals surface area contributed by atoms with Gasteiger partial charge in [0.15, 0.2) is 0 Å². The Kier molecular flexibility index (Phi) is 2.73. The summed E-state index contributed by atoms with van der Waals surface area (Å²) in [4.78, 5) is 1.54. The highest BCUT2D eigenvalue weighted by Crippen LogP contribution is 2.32. The molecule has 1 heterocycles. The van der Waals surface area contributed by atoms with E-state index in [0.29, 0.717) is 0 Å². The predicted octanol–water partition coefficient (Wildman–Crippen LogP) is 1.90. The zero-order valence-corrected chi connectivity index (χ0v) is 8.16. The van der Waals surface area contributed by atoms with Gasteiger partial charge in [-0.25, -0.2) is 0 Å². The molecule has 11 heavy (non-hydrogen) atoms. The van der Waals surface area contributed by atoms with Crippen molar-refractivity contribution in [2.24, 2.45) is 5.10 Å². The summed E-state index contributed by atoms with van der Waals surface area (Å²) in [6, 6.07) is 0. The molecular formula is C5H8Cl3N3. The third-order valence-electron chi connectivity index (χ3n) is 1.42. The molecule has 0 fully saturated rings. The van der Waals surface area contributed by atoms with Crippen molar-refractivity contribution < 1.29 is 0 Å². The molecule has 1 unspecified atom stereocenters. The van der Waals surface area contributed by atoms with Gasteiger partial charge in [0.05, 0.1) is 0 Å². The molecule has 0 saturated heterocycles. The molecule has 0 aromatic rings. The van der Waals surface area contributed by atoms with Crippen LogP contribution < -0.4 is 5.43 Å². The van der Waals surface area contributed by atoms with Crippen molar-refractivity contribution in [1.82, 2.24) is 10.3 Å². The first-order chi connectivity index (χ1) is 5.05. The Hall–Kier alpha value is 0.140. The Balaban J connectivity index is 2.63. The second-order valence-corrected chi connectivity index (χ2v) is 4.39. The van der Waals surface area contributed by atoms with Gasteiger partial charge >= 0.3 is 0 Å². The van der Waals surface area contributed by atoms with E-state index in [1.807, 2.05) is 6.92 Å². The number of hydrogen-bond donors (Lipinski definition) is 1. The van der Waals surface area contributed by atoms with E-state index in [0.717, 1.165) is 6.42 Å². The maximum atomic E-state index is 5.64. The smallest absolute Gasteiger partial charge is 0.270 e. The summed E-state index contributed by atoms with van der Waals surface area (Å²) in [7, 11) is 0. The van der Waals surface area contributed by atoms with Crippen molar-refractivity contribution in [1.29, 1.82) is 0 Å². The molecule has 1 N–H and O–H groups in total. The summed E-state index contributed by atoms with van der Waals surface area (Å²) >= 11 is 16.9. The van der Waals surface area contributed by atoms with Crippen LogP contribution in [0.2, 0.25) is 0 Å². The quantitative estimate of drug-likeness (QED) is 0.535. The monoisotopic (exact) mass is 215 g/mol. The van der Waals surface area contributed by atoms with Gasteiger partial charge in [0.25, 0.3) is 3.92 Å². The van der Waals surface area contributed by atoms with Crippen LogP contribution in [-0.2, 0) is 0 Å². The van der Waals surface area contributed by atoms with E-state index in [2.05, 4.69) is 10.5 Å². The maximum absolute atomic E-state index is 5.64. The highest BCUT2D eigenvalue weighted by molar-refractivity contribution is 6.67. The van der Waals surface area contributed by atoms with Crippen molar-refractivity contribution in [3.63, 3.8) is 0 Å². The summed E-state index contributed by atoms with van der Waals surface area (Å²) in [6.07, 6.45) is 2.30. The molecule has 3 nitrogen and oxygen atoms in total. The van der Waals surface area contributed by atoms with Crippen LogP contribution in [0, 0.1) is 0 Å². The molecular weight excluding hydrogens is 208 g/mol. The van der Waals surface area contributed by atoms with E-state index < -0.39 is 3.92 Å². The molecule has 0 bridgehead atoms. The van der Waals surface area contributed by atoms with E-state index in [1.54, 1.807) is 0 Å². The van der Waals surface area contributed by atoms with E-state index in [9.17, 15) is 0 Å².